The minimum atomic E-state index is -0.0951. The number of hydrogen-bond acceptors (Lipinski definition) is 6. The standard InChI is InChI=1S/C12H18N6S/c1-5-13-8-6-9(19-11-14-7-15-18-11)17-10(16-8)12(2,3)4/h6-7H,5H2,1-4H3,(H,13,16,17)(H,14,15,18). The molecule has 0 fully saturated rings. The predicted molar refractivity (Wildman–Crippen MR) is 75.4 cm³/mol. The third-order valence-electron chi connectivity index (χ3n) is 2.33. The smallest absolute Gasteiger partial charge is 0.189 e. The van der Waals surface area contributed by atoms with Crippen LogP contribution in [0.25, 0.3) is 0 Å². The normalized spacial score (nSPS) is 11.6. The van der Waals surface area contributed by atoms with Crippen molar-refractivity contribution in [2.45, 2.75) is 43.3 Å². The van der Waals surface area contributed by atoms with Gasteiger partial charge in [0.1, 0.15) is 23.0 Å². The molecule has 7 heteroatoms. The van der Waals surface area contributed by atoms with Crippen molar-refractivity contribution in [2.24, 2.45) is 0 Å². The van der Waals surface area contributed by atoms with E-state index in [1.54, 1.807) is 0 Å². The first-order valence-electron chi connectivity index (χ1n) is 6.15. The highest BCUT2D eigenvalue weighted by Gasteiger charge is 2.19. The second-order valence-corrected chi connectivity index (χ2v) is 6.10. The molecule has 2 rings (SSSR count). The summed E-state index contributed by atoms with van der Waals surface area (Å²) in [4.78, 5) is 13.2. The summed E-state index contributed by atoms with van der Waals surface area (Å²) in [6, 6.07) is 1.92. The number of rotatable bonds is 4. The molecular weight excluding hydrogens is 260 g/mol. The second-order valence-electron chi connectivity index (χ2n) is 5.09. The largest absolute Gasteiger partial charge is 0.370 e. The van der Waals surface area contributed by atoms with E-state index in [0.29, 0.717) is 0 Å². The molecule has 0 amide bonds. The van der Waals surface area contributed by atoms with Crippen LogP contribution < -0.4 is 5.32 Å². The minimum Gasteiger partial charge on any atom is -0.370 e. The quantitative estimate of drug-likeness (QED) is 0.836. The molecule has 0 spiro atoms. The fourth-order valence-corrected chi connectivity index (χ4v) is 2.13. The molecule has 0 aliphatic carbocycles. The zero-order chi connectivity index (χ0) is 13.9. The zero-order valence-corrected chi connectivity index (χ0v) is 12.4. The monoisotopic (exact) mass is 278 g/mol. The fraction of sp³-hybridized carbons (Fsp3) is 0.500. The van der Waals surface area contributed by atoms with Gasteiger partial charge in [0.2, 0.25) is 0 Å². The highest BCUT2D eigenvalue weighted by molar-refractivity contribution is 7.99. The third-order valence-corrected chi connectivity index (χ3v) is 3.13. The number of hydrogen-bond donors (Lipinski definition) is 2. The van der Waals surface area contributed by atoms with Crippen molar-refractivity contribution in [2.75, 3.05) is 11.9 Å². The van der Waals surface area contributed by atoms with E-state index >= 15 is 0 Å². The fourth-order valence-electron chi connectivity index (χ4n) is 1.43. The molecule has 2 N–H and O–H groups in total. The van der Waals surface area contributed by atoms with Crippen LogP contribution in [0.3, 0.4) is 0 Å². The topological polar surface area (TPSA) is 79.4 Å². The molecule has 0 saturated heterocycles. The molecule has 102 valence electrons. The van der Waals surface area contributed by atoms with E-state index in [9.17, 15) is 0 Å². The van der Waals surface area contributed by atoms with Crippen LogP contribution in [0.5, 0.6) is 0 Å². The Morgan fingerprint density at radius 1 is 1.32 bits per heavy atom. The van der Waals surface area contributed by atoms with Gasteiger partial charge in [0, 0.05) is 18.0 Å². The van der Waals surface area contributed by atoms with E-state index in [0.717, 1.165) is 28.4 Å². The average Bonchev–Trinajstić information content (AvgIpc) is 2.81. The molecule has 19 heavy (non-hydrogen) atoms. The summed E-state index contributed by atoms with van der Waals surface area (Å²) in [5.41, 5.74) is -0.0951. The lowest BCUT2D eigenvalue weighted by Crippen LogP contribution is -2.17. The predicted octanol–water partition coefficient (Wildman–Crippen LogP) is 2.48. The van der Waals surface area contributed by atoms with Gasteiger partial charge in [0.05, 0.1) is 0 Å². The van der Waals surface area contributed by atoms with Crippen LogP contribution in [-0.2, 0) is 5.41 Å². The Kier molecular flexibility index (Phi) is 4.04. The lowest BCUT2D eigenvalue weighted by atomic mass is 9.96. The summed E-state index contributed by atoms with van der Waals surface area (Å²) in [6.45, 7) is 9.16. The molecule has 2 aromatic heterocycles. The minimum absolute atomic E-state index is 0.0951. The van der Waals surface area contributed by atoms with Crippen molar-refractivity contribution in [1.29, 1.82) is 0 Å². The molecule has 0 aliphatic rings. The lowest BCUT2D eigenvalue weighted by Gasteiger charge is -2.18. The summed E-state index contributed by atoms with van der Waals surface area (Å²) in [6.07, 6.45) is 1.49. The van der Waals surface area contributed by atoms with Crippen LogP contribution in [0, 0.1) is 0 Å². The summed E-state index contributed by atoms with van der Waals surface area (Å²) in [7, 11) is 0. The molecule has 6 nitrogen and oxygen atoms in total. The van der Waals surface area contributed by atoms with Crippen LogP contribution in [-0.4, -0.2) is 31.7 Å². The second kappa shape index (κ2) is 5.56. The Morgan fingerprint density at radius 2 is 2.11 bits per heavy atom. The lowest BCUT2D eigenvalue weighted by molar-refractivity contribution is 0.539. The first kappa shape index (κ1) is 13.8. The van der Waals surface area contributed by atoms with Gasteiger partial charge in [0.25, 0.3) is 0 Å². The molecular formula is C12H18N6S. The Labute approximate surface area is 116 Å². The molecule has 0 aliphatic heterocycles. The number of anilines is 1. The highest BCUT2D eigenvalue weighted by atomic mass is 32.2. The van der Waals surface area contributed by atoms with Gasteiger partial charge in [-0.15, -0.1) is 0 Å². The maximum Gasteiger partial charge on any atom is 0.189 e. The molecule has 2 heterocycles. The van der Waals surface area contributed by atoms with Crippen molar-refractivity contribution in [3.05, 3.63) is 18.2 Å². The Morgan fingerprint density at radius 3 is 2.68 bits per heavy atom. The van der Waals surface area contributed by atoms with E-state index in [1.165, 1.54) is 18.1 Å². The van der Waals surface area contributed by atoms with Crippen LogP contribution in [0.4, 0.5) is 5.82 Å². The number of aromatic nitrogens is 5. The van der Waals surface area contributed by atoms with Gasteiger partial charge in [0.15, 0.2) is 5.16 Å². The molecule has 2 aromatic rings. The van der Waals surface area contributed by atoms with E-state index in [1.807, 2.05) is 13.0 Å². The number of H-pyrrole nitrogens is 1. The van der Waals surface area contributed by atoms with E-state index in [2.05, 4.69) is 51.2 Å². The van der Waals surface area contributed by atoms with Gasteiger partial charge in [-0.1, -0.05) is 20.8 Å². The van der Waals surface area contributed by atoms with Crippen molar-refractivity contribution in [3.8, 4) is 0 Å². The van der Waals surface area contributed by atoms with Gasteiger partial charge in [-0.2, -0.15) is 5.10 Å². The molecule has 0 unspecified atom stereocenters. The highest BCUT2D eigenvalue weighted by Crippen LogP contribution is 2.27. The van der Waals surface area contributed by atoms with Crippen molar-refractivity contribution >= 4 is 17.6 Å². The van der Waals surface area contributed by atoms with Gasteiger partial charge >= 0.3 is 0 Å². The summed E-state index contributed by atoms with van der Waals surface area (Å²) >= 11 is 1.44. The third kappa shape index (κ3) is 3.66. The van der Waals surface area contributed by atoms with Crippen LogP contribution >= 0.6 is 11.8 Å². The van der Waals surface area contributed by atoms with E-state index in [-0.39, 0.29) is 5.41 Å². The number of nitrogens with zero attached hydrogens (tertiary/aromatic N) is 4. The molecule has 0 aromatic carbocycles. The van der Waals surface area contributed by atoms with Crippen LogP contribution in [0.15, 0.2) is 22.6 Å². The van der Waals surface area contributed by atoms with Gasteiger partial charge in [-0.25, -0.2) is 15.0 Å². The Bertz CT molecular complexity index is 532. The summed E-state index contributed by atoms with van der Waals surface area (Å²) < 4.78 is 0. The number of nitrogens with one attached hydrogen (secondary N) is 2. The van der Waals surface area contributed by atoms with E-state index in [4.69, 9.17) is 0 Å². The zero-order valence-electron chi connectivity index (χ0n) is 11.6. The van der Waals surface area contributed by atoms with Crippen LogP contribution in [0.1, 0.15) is 33.5 Å². The number of aromatic amines is 1. The molecule has 0 radical (unpaired) electrons. The summed E-state index contributed by atoms with van der Waals surface area (Å²) in [5.74, 6) is 1.65. The maximum absolute atomic E-state index is 4.59. The van der Waals surface area contributed by atoms with E-state index < -0.39 is 0 Å². The molecule has 0 atom stereocenters. The van der Waals surface area contributed by atoms with Gasteiger partial charge in [-0.05, 0) is 18.7 Å². The van der Waals surface area contributed by atoms with Gasteiger partial charge < -0.3 is 5.32 Å². The van der Waals surface area contributed by atoms with Crippen molar-refractivity contribution < 1.29 is 0 Å². The first-order chi connectivity index (χ1) is 8.99. The Hall–Kier alpha value is -1.63. The van der Waals surface area contributed by atoms with Crippen molar-refractivity contribution in [3.63, 3.8) is 0 Å². The van der Waals surface area contributed by atoms with Crippen LogP contribution in [0.2, 0.25) is 0 Å². The average molecular weight is 278 g/mol. The first-order valence-corrected chi connectivity index (χ1v) is 6.97. The van der Waals surface area contributed by atoms with Crippen molar-refractivity contribution in [1.82, 2.24) is 25.1 Å². The SMILES string of the molecule is CCNc1cc(Sc2ncn[nH]2)nc(C(C)(C)C)n1. The van der Waals surface area contributed by atoms with Gasteiger partial charge in [-0.3, -0.25) is 5.10 Å². The Balaban J connectivity index is 2.34. The summed E-state index contributed by atoms with van der Waals surface area (Å²) in [5, 5.41) is 11.5. The maximum atomic E-state index is 4.59. The molecule has 0 bridgehead atoms. The molecule has 0 saturated carbocycles.